The molecule has 1 aliphatic rings. The van der Waals surface area contributed by atoms with Gasteiger partial charge in [-0.1, -0.05) is 6.07 Å². The van der Waals surface area contributed by atoms with Crippen LogP contribution < -0.4 is 9.64 Å². The zero-order valence-electron chi connectivity index (χ0n) is 14.2. The first-order valence-corrected chi connectivity index (χ1v) is 8.10. The average molecular weight is 365 g/mol. The van der Waals surface area contributed by atoms with Gasteiger partial charge in [-0.25, -0.2) is 4.98 Å². The first-order valence-electron chi connectivity index (χ1n) is 8.10. The Morgan fingerprint density at radius 3 is 2.50 bits per heavy atom. The molecule has 1 aromatic heterocycles. The van der Waals surface area contributed by atoms with E-state index < -0.39 is 11.7 Å². The van der Waals surface area contributed by atoms with E-state index in [1.165, 1.54) is 19.4 Å². The van der Waals surface area contributed by atoms with Crippen molar-refractivity contribution in [2.75, 3.05) is 38.2 Å². The lowest BCUT2D eigenvalue weighted by Crippen LogP contribution is -2.49. The van der Waals surface area contributed by atoms with Crippen molar-refractivity contribution in [2.45, 2.75) is 6.18 Å². The average Bonchev–Trinajstić information content (AvgIpc) is 2.67. The highest BCUT2D eigenvalue weighted by molar-refractivity contribution is 5.94. The number of hydrogen-bond acceptors (Lipinski definition) is 4. The van der Waals surface area contributed by atoms with Crippen molar-refractivity contribution < 1.29 is 22.7 Å². The van der Waals surface area contributed by atoms with Crippen LogP contribution in [0.4, 0.5) is 19.0 Å². The molecule has 8 heteroatoms. The number of rotatable bonds is 3. The predicted molar refractivity (Wildman–Crippen MR) is 90.3 cm³/mol. The zero-order valence-corrected chi connectivity index (χ0v) is 14.2. The molecule has 0 spiro atoms. The normalized spacial score (nSPS) is 15.1. The molecular weight excluding hydrogens is 347 g/mol. The molecular formula is C18H18F3N3O2. The van der Waals surface area contributed by atoms with Gasteiger partial charge in [0.25, 0.3) is 5.91 Å². The first-order chi connectivity index (χ1) is 12.4. The van der Waals surface area contributed by atoms with Gasteiger partial charge in [0.1, 0.15) is 11.6 Å². The number of amides is 1. The van der Waals surface area contributed by atoms with Crippen molar-refractivity contribution in [3.63, 3.8) is 0 Å². The predicted octanol–water partition coefficient (Wildman–Crippen LogP) is 3.07. The number of carbonyl (C=O) groups excluding carboxylic acids is 1. The fraction of sp³-hybridized carbons (Fsp3) is 0.333. The summed E-state index contributed by atoms with van der Waals surface area (Å²) in [7, 11) is 1.52. The molecule has 5 nitrogen and oxygen atoms in total. The molecule has 26 heavy (non-hydrogen) atoms. The maximum atomic E-state index is 13.2. The minimum atomic E-state index is -4.46. The Kier molecular flexibility index (Phi) is 5.01. The Morgan fingerprint density at radius 1 is 1.12 bits per heavy atom. The molecule has 1 amide bonds. The monoisotopic (exact) mass is 365 g/mol. The van der Waals surface area contributed by atoms with Crippen LogP contribution in [0.1, 0.15) is 15.9 Å². The summed E-state index contributed by atoms with van der Waals surface area (Å²) in [5.41, 5.74) is -0.265. The SMILES string of the molecule is COc1cccc(C(=O)N2CCN(c3ncccc3C(F)(F)F)CC2)c1. The summed E-state index contributed by atoms with van der Waals surface area (Å²) < 4.78 is 44.6. The highest BCUT2D eigenvalue weighted by atomic mass is 19.4. The topological polar surface area (TPSA) is 45.7 Å². The van der Waals surface area contributed by atoms with Gasteiger partial charge < -0.3 is 14.5 Å². The number of carbonyl (C=O) groups is 1. The second kappa shape index (κ2) is 7.23. The third kappa shape index (κ3) is 3.74. The number of methoxy groups -OCH3 is 1. The summed E-state index contributed by atoms with van der Waals surface area (Å²) in [4.78, 5) is 19.7. The lowest BCUT2D eigenvalue weighted by molar-refractivity contribution is -0.137. The Hall–Kier alpha value is -2.77. The van der Waals surface area contributed by atoms with Crippen LogP contribution in [0.25, 0.3) is 0 Å². The van der Waals surface area contributed by atoms with Gasteiger partial charge in [-0.15, -0.1) is 0 Å². The number of piperazine rings is 1. The van der Waals surface area contributed by atoms with E-state index in [2.05, 4.69) is 4.98 Å². The smallest absolute Gasteiger partial charge is 0.419 e. The number of alkyl halides is 3. The quantitative estimate of drug-likeness (QED) is 0.839. The lowest BCUT2D eigenvalue weighted by Gasteiger charge is -2.36. The largest absolute Gasteiger partial charge is 0.497 e. The standard InChI is InChI=1S/C18H18F3N3O2/c1-26-14-5-2-4-13(12-14)17(25)24-10-8-23(9-11-24)16-15(18(19,20)21)6-3-7-22-16/h2-7,12H,8-11H2,1H3. The van der Waals surface area contributed by atoms with Crippen LogP contribution in [-0.4, -0.2) is 49.1 Å². The van der Waals surface area contributed by atoms with Gasteiger partial charge in [-0.2, -0.15) is 13.2 Å². The molecule has 138 valence electrons. The van der Waals surface area contributed by atoms with E-state index in [1.54, 1.807) is 34.1 Å². The number of halogens is 3. The van der Waals surface area contributed by atoms with Gasteiger partial charge in [-0.05, 0) is 30.3 Å². The van der Waals surface area contributed by atoms with Crippen LogP contribution in [0.15, 0.2) is 42.6 Å². The summed E-state index contributed by atoms with van der Waals surface area (Å²) in [5.74, 6) is 0.326. The van der Waals surface area contributed by atoms with Crippen LogP contribution in [0.5, 0.6) is 5.75 Å². The van der Waals surface area contributed by atoms with E-state index in [1.807, 2.05) is 0 Å². The van der Waals surface area contributed by atoms with Gasteiger partial charge in [0.15, 0.2) is 0 Å². The summed E-state index contributed by atoms with van der Waals surface area (Å²) in [6.45, 7) is 1.22. The fourth-order valence-corrected chi connectivity index (χ4v) is 2.93. The van der Waals surface area contributed by atoms with Gasteiger partial charge in [0.2, 0.25) is 0 Å². The van der Waals surface area contributed by atoms with Crippen LogP contribution >= 0.6 is 0 Å². The Bertz CT molecular complexity index is 787. The molecule has 0 aliphatic carbocycles. The van der Waals surface area contributed by atoms with E-state index >= 15 is 0 Å². The van der Waals surface area contributed by atoms with E-state index in [9.17, 15) is 18.0 Å². The molecule has 1 fully saturated rings. The zero-order chi connectivity index (χ0) is 18.7. The number of anilines is 1. The van der Waals surface area contributed by atoms with Crippen molar-refractivity contribution >= 4 is 11.7 Å². The van der Waals surface area contributed by atoms with Crippen molar-refractivity contribution in [2.24, 2.45) is 0 Å². The third-order valence-electron chi connectivity index (χ3n) is 4.28. The second-order valence-electron chi connectivity index (χ2n) is 5.88. The molecule has 0 N–H and O–H groups in total. The highest BCUT2D eigenvalue weighted by Gasteiger charge is 2.36. The summed E-state index contributed by atoms with van der Waals surface area (Å²) in [5, 5.41) is 0. The fourth-order valence-electron chi connectivity index (χ4n) is 2.93. The molecule has 1 aromatic carbocycles. The molecule has 0 radical (unpaired) electrons. The molecule has 0 unspecified atom stereocenters. The summed E-state index contributed by atoms with van der Waals surface area (Å²) >= 11 is 0. The summed E-state index contributed by atoms with van der Waals surface area (Å²) in [6, 6.07) is 9.11. The maximum Gasteiger partial charge on any atom is 0.419 e. The van der Waals surface area contributed by atoms with Gasteiger partial charge >= 0.3 is 6.18 Å². The van der Waals surface area contributed by atoms with Crippen molar-refractivity contribution in [3.05, 3.63) is 53.7 Å². The molecule has 2 heterocycles. The molecule has 2 aromatic rings. The van der Waals surface area contributed by atoms with Crippen molar-refractivity contribution in [3.8, 4) is 5.75 Å². The minimum Gasteiger partial charge on any atom is -0.497 e. The number of ether oxygens (including phenoxy) is 1. The minimum absolute atomic E-state index is 0.0894. The third-order valence-corrected chi connectivity index (χ3v) is 4.28. The van der Waals surface area contributed by atoms with Crippen LogP contribution in [0.2, 0.25) is 0 Å². The number of pyridine rings is 1. The molecule has 1 aliphatic heterocycles. The van der Waals surface area contributed by atoms with E-state index in [0.717, 1.165) is 6.07 Å². The van der Waals surface area contributed by atoms with Gasteiger partial charge in [-0.3, -0.25) is 4.79 Å². The van der Waals surface area contributed by atoms with Crippen LogP contribution in [0, 0.1) is 0 Å². The number of hydrogen-bond donors (Lipinski definition) is 0. The Balaban J connectivity index is 1.71. The molecule has 1 saturated heterocycles. The number of nitrogens with zero attached hydrogens (tertiary/aromatic N) is 3. The molecule has 3 rings (SSSR count). The molecule has 0 atom stereocenters. The Labute approximate surface area is 149 Å². The highest BCUT2D eigenvalue weighted by Crippen LogP contribution is 2.35. The summed E-state index contributed by atoms with van der Waals surface area (Å²) in [6.07, 6.45) is -3.12. The Morgan fingerprint density at radius 2 is 1.85 bits per heavy atom. The van der Waals surface area contributed by atoms with Gasteiger partial charge in [0, 0.05) is 37.9 Å². The number of benzene rings is 1. The van der Waals surface area contributed by atoms with E-state index in [4.69, 9.17) is 4.74 Å². The van der Waals surface area contributed by atoms with Crippen LogP contribution in [0.3, 0.4) is 0 Å². The van der Waals surface area contributed by atoms with E-state index in [-0.39, 0.29) is 24.8 Å². The van der Waals surface area contributed by atoms with E-state index in [0.29, 0.717) is 24.4 Å². The van der Waals surface area contributed by atoms with Crippen molar-refractivity contribution in [1.29, 1.82) is 0 Å². The van der Waals surface area contributed by atoms with Gasteiger partial charge in [0.05, 0.1) is 12.7 Å². The molecule has 0 bridgehead atoms. The lowest BCUT2D eigenvalue weighted by atomic mass is 10.1. The second-order valence-corrected chi connectivity index (χ2v) is 5.88. The first kappa shape index (κ1) is 18.0. The number of aromatic nitrogens is 1. The van der Waals surface area contributed by atoms with Crippen molar-refractivity contribution in [1.82, 2.24) is 9.88 Å². The van der Waals surface area contributed by atoms with Crippen LogP contribution in [-0.2, 0) is 6.18 Å². The molecule has 0 saturated carbocycles. The maximum absolute atomic E-state index is 13.2.